The van der Waals surface area contributed by atoms with Crippen molar-refractivity contribution in [1.29, 1.82) is 0 Å². The van der Waals surface area contributed by atoms with Crippen molar-refractivity contribution in [2.24, 2.45) is 0 Å². The molecule has 5 rings (SSSR count). The number of methoxy groups -OCH3 is 1. The van der Waals surface area contributed by atoms with Gasteiger partial charge in [-0.1, -0.05) is 12.1 Å². The average Bonchev–Trinajstić information content (AvgIpc) is 3.18. The van der Waals surface area contributed by atoms with Gasteiger partial charge in [0.2, 0.25) is 0 Å². The number of aromatic nitrogens is 1. The second-order valence-corrected chi connectivity index (χ2v) is 6.82. The number of hydrogen-bond donors (Lipinski definition) is 0. The van der Waals surface area contributed by atoms with E-state index in [4.69, 9.17) is 4.74 Å². The molecule has 0 N–H and O–H groups in total. The molecule has 0 radical (unpaired) electrons. The molecule has 28 heavy (non-hydrogen) atoms. The number of imide groups is 1. The van der Waals surface area contributed by atoms with Gasteiger partial charge in [0.05, 0.1) is 23.9 Å². The van der Waals surface area contributed by atoms with Crippen LogP contribution in [0.2, 0.25) is 0 Å². The number of anilines is 1. The predicted molar refractivity (Wildman–Crippen MR) is 109 cm³/mol. The zero-order valence-corrected chi connectivity index (χ0v) is 15.6. The highest BCUT2D eigenvalue weighted by molar-refractivity contribution is 6.34. The SMILES string of the molecule is CCn1c2ccc(OC)cc2c2cc(N3C(=O)c4ccccc4C3=O)ccc21. The zero-order valence-electron chi connectivity index (χ0n) is 15.6. The van der Waals surface area contributed by atoms with Crippen LogP contribution in [-0.2, 0) is 6.54 Å². The molecule has 0 saturated carbocycles. The van der Waals surface area contributed by atoms with Crippen molar-refractivity contribution in [3.05, 3.63) is 71.8 Å². The number of ether oxygens (including phenoxy) is 1. The van der Waals surface area contributed by atoms with E-state index in [0.29, 0.717) is 16.8 Å². The van der Waals surface area contributed by atoms with Crippen LogP contribution in [-0.4, -0.2) is 23.5 Å². The molecule has 0 aliphatic carbocycles. The van der Waals surface area contributed by atoms with Crippen molar-refractivity contribution in [2.75, 3.05) is 12.0 Å². The third kappa shape index (κ3) is 2.13. The highest BCUT2D eigenvalue weighted by Gasteiger charge is 2.36. The molecule has 2 amide bonds. The minimum atomic E-state index is -0.281. The Kier molecular flexibility index (Phi) is 3.52. The molecule has 0 bridgehead atoms. The third-order valence-corrected chi connectivity index (χ3v) is 5.42. The first-order chi connectivity index (χ1) is 13.6. The third-order valence-electron chi connectivity index (χ3n) is 5.42. The smallest absolute Gasteiger partial charge is 0.266 e. The van der Waals surface area contributed by atoms with Crippen LogP contribution < -0.4 is 9.64 Å². The Morgan fingerprint density at radius 3 is 2.04 bits per heavy atom. The van der Waals surface area contributed by atoms with E-state index in [1.165, 1.54) is 4.90 Å². The lowest BCUT2D eigenvalue weighted by molar-refractivity contribution is 0.0926. The van der Waals surface area contributed by atoms with Crippen molar-refractivity contribution >= 4 is 39.3 Å². The standard InChI is InChI=1S/C23H18N2O3/c1-3-24-20-10-8-14(12-18(20)19-13-15(28-2)9-11-21(19)24)25-22(26)16-6-4-5-7-17(16)23(25)27/h4-13H,3H2,1-2H3. The summed E-state index contributed by atoms with van der Waals surface area (Å²) in [6.45, 7) is 2.92. The van der Waals surface area contributed by atoms with Crippen LogP contribution in [0.25, 0.3) is 21.8 Å². The fourth-order valence-corrected chi connectivity index (χ4v) is 4.10. The van der Waals surface area contributed by atoms with Gasteiger partial charge in [0.25, 0.3) is 11.8 Å². The van der Waals surface area contributed by atoms with Crippen molar-refractivity contribution in [1.82, 2.24) is 4.57 Å². The van der Waals surface area contributed by atoms with E-state index in [0.717, 1.165) is 34.1 Å². The fraction of sp³-hybridized carbons (Fsp3) is 0.130. The molecule has 0 unspecified atom stereocenters. The number of carbonyl (C=O) groups excluding carboxylic acids is 2. The summed E-state index contributed by atoms with van der Waals surface area (Å²) in [6, 6.07) is 18.7. The van der Waals surface area contributed by atoms with Gasteiger partial charge >= 0.3 is 0 Å². The molecule has 1 aromatic heterocycles. The molecule has 2 heterocycles. The number of fused-ring (bicyclic) bond motifs is 4. The largest absolute Gasteiger partial charge is 0.497 e. The lowest BCUT2D eigenvalue weighted by Gasteiger charge is -2.14. The van der Waals surface area contributed by atoms with Crippen LogP contribution in [0.5, 0.6) is 5.75 Å². The average molecular weight is 370 g/mol. The van der Waals surface area contributed by atoms with Crippen molar-refractivity contribution in [3.8, 4) is 5.75 Å². The maximum absolute atomic E-state index is 12.8. The van der Waals surface area contributed by atoms with Gasteiger partial charge in [-0.05, 0) is 55.5 Å². The fourth-order valence-electron chi connectivity index (χ4n) is 4.10. The molecule has 4 aromatic rings. The van der Waals surface area contributed by atoms with Crippen LogP contribution in [0.3, 0.4) is 0 Å². The number of nitrogens with zero attached hydrogens (tertiary/aromatic N) is 2. The number of amides is 2. The van der Waals surface area contributed by atoms with E-state index < -0.39 is 0 Å². The first-order valence-corrected chi connectivity index (χ1v) is 9.22. The lowest BCUT2D eigenvalue weighted by atomic mass is 10.1. The van der Waals surface area contributed by atoms with Crippen molar-refractivity contribution in [3.63, 3.8) is 0 Å². The van der Waals surface area contributed by atoms with Gasteiger partial charge < -0.3 is 9.30 Å². The maximum Gasteiger partial charge on any atom is 0.266 e. The molecule has 0 fully saturated rings. The van der Waals surface area contributed by atoms with E-state index in [9.17, 15) is 9.59 Å². The normalized spacial score (nSPS) is 13.6. The van der Waals surface area contributed by atoms with Crippen LogP contribution in [0.1, 0.15) is 27.6 Å². The summed E-state index contributed by atoms with van der Waals surface area (Å²) in [5.74, 6) is 0.210. The second-order valence-electron chi connectivity index (χ2n) is 6.82. The van der Waals surface area contributed by atoms with Crippen LogP contribution >= 0.6 is 0 Å². The quantitative estimate of drug-likeness (QED) is 0.494. The predicted octanol–water partition coefficient (Wildman–Crippen LogP) is 4.62. The summed E-state index contributed by atoms with van der Waals surface area (Å²) >= 11 is 0. The first-order valence-electron chi connectivity index (χ1n) is 9.22. The molecular formula is C23H18N2O3. The second kappa shape index (κ2) is 5.96. The summed E-state index contributed by atoms with van der Waals surface area (Å²) in [7, 11) is 1.64. The van der Waals surface area contributed by atoms with E-state index in [1.54, 1.807) is 31.4 Å². The Bertz CT molecular complexity index is 1250. The zero-order chi connectivity index (χ0) is 19.4. The molecule has 0 saturated heterocycles. The van der Waals surface area contributed by atoms with E-state index in [2.05, 4.69) is 11.5 Å². The Morgan fingerprint density at radius 1 is 0.821 bits per heavy atom. The summed E-state index contributed by atoms with van der Waals surface area (Å²) in [4.78, 5) is 27.0. The molecule has 0 spiro atoms. The van der Waals surface area contributed by atoms with Gasteiger partial charge in [0, 0.05) is 28.4 Å². The van der Waals surface area contributed by atoms with Gasteiger partial charge in [0.15, 0.2) is 0 Å². The number of benzene rings is 3. The molecule has 0 atom stereocenters. The van der Waals surface area contributed by atoms with Crippen LogP contribution in [0, 0.1) is 0 Å². The molecule has 1 aliphatic heterocycles. The Hall–Kier alpha value is -3.60. The van der Waals surface area contributed by atoms with Gasteiger partial charge in [-0.3, -0.25) is 9.59 Å². The molecule has 138 valence electrons. The molecule has 1 aliphatic rings. The van der Waals surface area contributed by atoms with Crippen LogP contribution in [0.15, 0.2) is 60.7 Å². The number of rotatable bonds is 3. The van der Waals surface area contributed by atoms with Gasteiger partial charge in [-0.15, -0.1) is 0 Å². The monoisotopic (exact) mass is 370 g/mol. The summed E-state index contributed by atoms with van der Waals surface area (Å²) in [5.41, 5.74) is 3.64. The topological polar surface area (TPSA) is 51.5 Å². The molecule has 5 heteroatoms. The van der Waals surface area contributed by atoms with E-state index in [1.807, 2.05) is 36.4 Å². The Labute approximate surface area is 161 Å². The minimum Gasteiger partial charge on any atom is -0.497 e. The number of carbonyl (C=O) groups is 2. The number of aryl methyl sites for hydroxylation is 1. The summed E-state index contributed by atoms with van der Waals surface area (Å²) in [6.07, 6.45) is 0. The van der Waals surface area contributed by atoms with Crippen LogP contribution in [0.4, 0.5) is 5.69 Å². The van der Waals surface area contributed by atoms with E-state index in [-0.39, 0.29) is 11.8 Å². The summed E-state index contributed by atoms with van der Waals surface area (Å²) < 4.78 is 7.61. The van der Waals surface area contributed by atoms with Gasteiger partial charge in [-0.2, -0.15) is 0 Å². The number of hydrogen-bond acceptors (Lipinski definition) is 3. The maximum atomic E-state index is 12.8. The molecular weight excluding hydrogens is 352 g/mol. The van der Waals surface area contributed by atoms with Gasteiger partial charge in [0.1, 0.15) is 5.75 Å². The summed E-state index contributed by atoms with van der Waals surface area (Å²) in [5, 5.41) is 2.03. The Morgan fingerprint density at radius 2 is 1.43 bits per heavy atom. The molecule has 3 aromatic carbocycles. The van der Waals surface area contributed by atoms with Gasteiger partial charge in [-0.25, -0.2) is 4.90 Å². The highest BCUT2D eigenvalue weighted by atomic mass is 16.5. The highest BCUT2D eigenvalue weighted by Crippen LogP contribution is 2.36. The Balaban J connectivity index is 1.73. The minimum absolute atomic E-state index is 0.281. The lowest BCUT2D eigenvalue weighted by Crippen LogP contribution is -2.29. The van der Waals surface area contributed by atoms with E-state index >= 15 is 0 Å². The molecule has 5 nitrogen and oxygen atoms in total. The van der Waals surface area contributed by atoms with Crippen molar-refractivity contribution < 1.29 is 14.3 Å². The van der Waals surface area contributed by atoms with Crippen molar-refractivity contribution in [2.45, 2.75) is 13.5 Å². The first kappa shape index (κ1) is 16.6.